The van der Waals surface area contributed by atoms with Crippen LogP contribution in [0, 0.1) is 0 Å². The van der Waals surface area contributed by atoms with Gasteiger partial charge in [0.25, 0.3) is 0 Å². The molecule has 1 aliphatic rings. The molecule has 0 bridgehead atoms. The van der Waals surface area contributed by atoms with Crippen LogP contribution < -0.4 is 0 Å². The summed E-state index contributed by atoms with van der Waals surface area (Å²) in [5.74, 6) is 0. The fourth-order valence-corrected chi connectivity index (χ4v) is 3.91. The van der Waals surface area contributed by atoms with Crippen molar-refractivity contribution in [1.82, 2.24) is 14.5 Å². The highest BCUT2D eigenvalue weighted by molar-refractivity contribution is 9.10. The monoisotopic (exact) mass is 407 g/mol. The normalized spacial score (nSPS) is 20.4. The van der Waals surface area contributed by atoms with Crippen LogP contribution in [0.15, 0.2) is 16.7 Å². The zero-order chi connectivity index (χ0) is 18.6. The van der Waals surface area contributed by atoms with Gasteiger partial charge < -0.3 is 14.2 Å². The summed E-state index contributed by atoms with van der Waals surface area (Å²) < 4.78 is 8.60. The Bertz CT molecular complexity index is 837. The number of amides is 1. The van der Waals surface area contributed by atoms with Crippen molar-refractivity contribution in [3.8, 4) is 0 Å². The molecule has 1 amide bonds. The summed E-state index contributed by atoms with van der Waals surface area (Å²) in [6.07, 6.45) is 2.36. The third kappa shape index (κ3) is 3.28. The van der Waals surface area contributed by atoms with Crippen LogP contribution >= 0.6 is 15.9 Å². The van der Waals surface area contributed by atoms with Crippen molar-refractivity contribution in [2.75, 3.05) is 7.05 Å². The van der Waals surface area contributed by atoms with Crippen molar-refractivity contribution >= 4 is 33.1 Å². The van der Waals surface area contributed by atoms with Crippen LogP contribution in [0.2, 0.25) is 0 Å². The van der Waals surface area contributed by atoms with Gasteiger partial charge in [0.2, 0.25) is 0 Å². The van der Waals surface area contributed by atoms with E-state index in [2.05, 4.69) is 45.5 Å². The van der Waals surface area contributed by atoms with Crippen LogP contribution in [0.25, 0.3) is 11.0 Å². The van der Waals surface area contributed by atoms with Crippen LogP contribution in [-0.4, -0.2) is 38.7 Å². The van der Waals surface area contributed by atoms with Gasteiger partial charge in [0.1, 0.15) is 15.9 Å². The third-order valence-corrected chi connectivity index (χ3v) is 5.61. The van der Waals surface area contributed by atoms with Gasteiger partial charge in [-0.3, -0.25) is 0 Å². The van der Waals surface area contributed by atoms with Crippen LogP contribution in [0.5, 0.6) is 0 Å². The Balaban J connectivity index is 1.95. The fraction of sp³-hybridized carbons (Fsp3) is 0.579. The summed E-state index contributed by atoms with van der Waals surface area (Å²) in [5, 5.41) is 1.17. The molecule has 0 aliphatic heterocycles. The molecule has 3 rings (SSSR count). The second-order valence-electron chi connectivity index (χ2n) is 8.20. The number of carbonyl (C=O) groups excluding carboxylic acids is 1. The quantitative estimate of drug-likeness (QED) is 0.655. The number of pyridine rings is 1. The Morgan fingerprint density at radius 2 is 2.08 bits per heavy atom. The Morgan fingerprint density at radius 1 is 1.40 bits per heavy atom. The van der Waals surface area contributed by atoms with E-state index in [9.17, 15) is 4.79 Å². The van der Waals surface area contributed by atoms with Gasteiger partial charge in [0.15, 0.2) is 0 Å². The number of hydrogen-bond donors (Lipinski definition) is 0. The van der Waals surface area contributed by atoms with Crippen LogP contribution in [0.3, 0.4) is 0 Å². The summed E-state index contributed by atoms with van der Waals surface area (Å²) in [6.45, 7) is 7.84. The molecule has 136 valence electrons. The number of hydrogen-bond acceptors (Lipinski definition) is 3. The molecule has 0 spiro atoms. The molecule has 2 heterocycles. The van der Waals surface area contributed by atoms with E-state index in [0.29, 0.717) is 0 Å². The number of aromatic nitrogens is 2. The summed E-state index contributed by atoms with van der Waals surface area (Å²) in [4.78, 5) is 19.0. The average Bonchev–Trinajstić information content (AvgIpc) is 2.76. The topological polar surface area (TPSA) is 47.4 Å². The van der Waals surface area contributed by atoms with Crippen molar-refractivity contribution in [3.63, 3.8) is 0 Å². The summed E-state index contributed by atoms with van der Waals surface area (Å²) in [7, 11) is 3.92. The molecule has 0 aromatic carbocycles. The number of halogens is 1. The van der Waals surface area contributed by atoms with Gasteiger partial charge in [-0.15, -0.1) is 0 Å². The van der Waals surface area contributed by atoms with Gasteiger partial charge in [-0.1, -0.05) is 0 Å². The van der Waals surface area contributed by atoms with Gasteiger partial charge >= 0.3 is 6.09 Å². The van der Waals surface area contributed by atoms with Crippen molar-refractivity contribution < 1.29 is 9.53 Å². The van der Waals surface area contributed by atoms with E-state index >= 15 is 0 Å². The molecular weight excluding hydrogens is 382 g/mol. The number of fused-ring (bicyclic) bond motifs is 3. The Hall–Kier alpha value is -1.56. The molecule has 5 nitrogen and oxygen atoms in total. The maximum absolute atomic E-state index is 12.6. The van der Waals surface area contributed by atoms with E-state index in [4.69, 9.17) is 4.74 Å². The highest BCUT2D eigenvalue weighted by atomic mass is 79.9. The standard InChI is InChI=1S/C19H26BrN3O2/c1-18(2,3)25-17(24)23(6)19(4)10-9-14-13(11-19)12-7-8-15(20)21-16(12)22(14)5/h7-8H,9-11H2,1-6H3. The van der Waals surface area contributed by atoms with E-state index in [-0.39, 0.29) is 11.6 Å². The molecule has 0 saturated heterocycles. The first kappa shape index (κ1) is 18.2. The predicted molar refractivity (Wildman–Crippen MR) is 103 cm³/mol. The third-order valence-electron chi connectivity index (χ3n) is 5.17. The SMILES string of the molecule is CN(C(=O)OC(C)(C)C)C1(C)CCc2c(c3ccc(Br)nc3n2C)C1. The van der Waals surface area contributed by atoms with Crippen molar-refractivity contribution in [3.05, 3.63) is 28.0 Å². The van der Waals surface area contributed by atoms with E-state index in [1.54, 1.807) is 4.90 Å². The largest absolute Gasteiger partial charge is 0.444 e. The molecular formula is C19H26BrN3O2. The van der Waals surface area contributed by atoms with E-state index in [1.165, 1.54) is 16.6 Å². The number of aryl methyl sites for hydroxylation is 1. The van der Waals surface area contributed by atoms with Crippen LogP contribution in [0.1, 0.15) is 45.4 Å². The minimum Gasteiger partial charge on any atom is -0.444 e. The van der Waals surface area contributed by atoms with E-state index in [0.717, 1.165) is 29.5 Å². The number of nitrogens with zero attached hydrogens (tertiary/aromatic N) is 3. The number of carbonyl (C=O) groups is 1. The lowest BCUT2D eigenvalue weighted by Crippen LogP contribution is -2.52. The molecule has 2 aromatic heterocycles. The summed E-state index contributed by atoms with van der Waals surface area (Å²) in [5.41, 5.74) is 2.84. The number of ether oxygens (including phenoxy) is 1. The molecule has 1 unspecified atom stereocenters. The van der Waals surface area contributed by atoms with Crippen LogP contribution in [0.4, 0.5) is 4.79 Å². The Kier molecular flexibility index (Phi) is 4.38. The van der Waals surface area contributed by atoms with E-state index in [1.807, 2.05) is 33.9 Å². The minimum absolute atomic E-state index is 0.264. The van der Waals surface area contributed by atoms with Gasteiger partial charge in [0, 0.05) is 30.7 Å². The molecule has 0 radical (unpaired) electrons. The van der Waals surface area contributed by atoms with Gasteiger partial charge in [0.05, 0.1) is 0 Å². The van der Waals surface area contributed by atoms with Gasteiger partial charge in [-0.25, -0.2) is 9.78 Å². The smallest absolute Gasteiger partial charge is 0.410 e. The molecule has 1 aliphatic carbocycles. The van der Waals surface area contributed by atoms with E-state index < -0.39 is 5.60 Å². The Labute approximate surface area is 157 Å². The minimum atomic E-state index is -0.489. The lowest BCUT2D eigenvalue weighted by molar-refractivity contribution is 0.00546. The highest BCUT2D eigenvalue weighted by Gasteiger charge is 2.40. The molecule has 0 saturated carbocycles. The number of likely N-dealkylation sites (N-methyl/N-ethyl adjacent to an activating group) is 1. The molecule has 2 aromatic rings. The summed E-state index contributed by atoms with van der Waals surface area (Å²) in [6, 6.07) is 4.09. The van der Waals surface area contributed by atoms with Gasteiger partial charge in [-0.05, 0) is 80.6 Å². The predicted octanol–water partition coefficient (Wildman–Crippen LogP) is 4.45. The zero-order valence-corrected chi connectivity index (χ0v) is 17.4. The van der Waals surface area contributed by atoms with Crippen molar-refractivity contribution in [1.29, 1.82) is 0 Å². The van der Waals surface area contributed by atoms with Crippen molar-refractivity contribution in [2.24, 2.45) is 7.05 Å². The molecule has 0 fully saturated rings. The van der Waals surface area contributed by atoms with Crippen molar-refractivity contribution in [2.45, 2.75) is 58.1 Å². The lowest BCUT2D eigenvalue weighted by Gasteiger charge is -2.42. The molecule has 6 heteroatoms. The van der Waals surface area contributed by atoms with Gasteiger partial charge in [-0.2, -0.15) is 0 Å². The zero-order valence-electron chi connectivity index (χ0n) is 15.8. The molecule has 25 heavy (non-hydrogen) atoms. The second kappa shape index (κ2) is 6.01. The average molecular weight is 408 g/mol. The first-order chi connectivity index (χ1) is 11.5. The van der Waals surface area contributed by atoms with Crippen LogP contribution in [-0.2, 0) is 24.6 Å². The lowest BCUT2D eigenvalue weighted by atomic mass is 9.80. The maximum atomic E-state index is 12.6. The number of rotatable bonds is 1. The molecule has 0 N–H and O–H groups in total. The second-order valence-corrected chi connectivity index (χ2v) is 9.01. The fourth-order valence-electron chi connectivity index (χ4n) is 3.61. The first-order valence-corrected chi connectivity index (χ1v) is 9.41. The molecule has 1 atom stereocenters. The summed E-state index contributed by atoms with van der Waals surface area (Å²) >= 11 is 3.46. The Morgan fingerprint density at radius 3 is 2.72 bits per heavy atom. The maximum Gasteiger partial charge on any atom is 0.410 e. The highest BCUT2D eigenvalue weighted by Crippen LogP contribution is 2.38. The first-order valence-electron chi connectivity index (χ1n) is 8.61.